The van der Waals surface area contributed by atoms with Crippen molar-refractivity contribution in [2.75, 3.05) is 13.2 Å². The first kappa shape index (κ1) is 26.1. The second kappa shape index (κ2) is 14.9. The number of aliphatic carboxylic acids is 1. The van der Waals surface area contributed by atoms with Crippen LogP contribution in [-0.4, -0.2) is 57.4 Å². The van der Waals surface area contributed by atoms with Gasteiger partial charge in [-0.2, -0.15) is 0 Å². The quantitative estimate of drug-likeness (QED) is 0.201. The summed E-state index contributed by atoms with van der Waals surface area (Å²) in [4.78, 5) is 11.2. The van der Waals surface area contributed by atoms with Gasteiger partial charge in [0.2, 0.25) is 0 Å². The molecule has 170 valence electrons. The van der Waals surface area contributed by atoms with E-state index in [2.05, 4.69) is 13.0 Å². The third kappa shape index (κ3) is 10.6. The topological polar surface area (TPSA) is 107 Å². The number of carbonyl (C=O) groups is 1. The van der Waals surface area contributed by atoms with E-state index in [1.807, 2.05) is 6.08 Å². The molecule has 0 aromatic rings. The highest BCUT2D eigenvalue weighted by molar-refractivity contribution is 5.78. The van der Waals surface area contributed by atoms with E-state index in [1.165, 1.54) is 0 Å². The number of aliphatic hydroxyl groups is 3. The summed E-state index contributed by atoms with van der Waals surface area (Å²) in [5.74, 6) is -0.470. The van der Waals surface area contributed by atoms with E-state index in [0.717, 1.165) is 57.8 Å². The van der Waals surface area contributed by atoms with Gasteiger partial charge in [0.25, 0.3) is 0 Å². The van der Waals surface area contributed by atoms with Crippen LogP contribution in [0.25, 0.3) is 0 Å². The number of hydrogen-bond acceptors (Lipinski definition) is 5. The predicted octanol–water partition coefficient (Wildman–Crippen LogP) is 3.82. The normalized spacial score (nSPS) is 22.3. The molecule has 3 unspecified atom stereocenters. The van der Waals surface area contributed by atoms with Crippen LogP contribution < -0.4 is 0 Å². The lowest BCUT2D eigenvalue weighted by Gasteiger charge is -2.37. The zero-order valence-corrected chi connectivity index (χ0v) is 18.1. The Morgan fingerprint density at radius 1 is 1.07 bits per heavy atom. The monoisotopic (exact) mass is 414 g/mol. The number of hydrogen-bond donors (Lipinski definition) is 4. The summed E-state index contributed by atoms with van der Waals surface area (Å²) < 4.78 is 5.28. The molecule has 0 aliphatic carbocycles. The van der Waals surface area contributed by atoms with E-state index in [-0.39, 0.29) is 12.7 Å². The van der Waals surface area contributed by atoms with Crippen LogP contribution in [0, 0.1) is 5.92 Å². The second-order valence-corrected chi connectivity index (χ2v) is 8.52. The van der Waals surface area contributed by atoms with Gasteiger partial charge in [0.05, 0.1) is 25.4 Å². The van der Waals surface area contributed by atoms with E-state index in [1.54, 1.807) is 0 Å². The molecule has 0 amide bonds. The largest absolute Gasteiger partial charge is 0.479 e. The number of ether oxygens (including phenoxy) is 1. The van der Waals surface area contributed by atoms with Crippen LogP contribution in [0.1, 0.15) is 90.4 Å². The van der Waals surface area contributed by atoms with Crippen molar-refractivity contribution in [1.82, 2.24) is 0 Å². The molecule has 1 saturated heterocycles. The minimum atomic E-state index is -0.900. The smallest absolute Gasteiger partial charge is 0.336 e. The van der Waals surface area contributed by atoms with Crippen LogP contribution in [-0.2, 0) is 9.53 Å². The van der Waals surface area contributed by atoms with Gasteiger partial charge in [-0.25, -0.2) is 4.79 Å². The number of allylic oxidation sites excluding steroid dienone is 1. The number of rotatable bonds is 18. The summed E-state index contributed by atoms with van der Waals surface area (Å²) in [6.07, 6.45) is 14.4. The molecule has 1 heterocycles. The van der Waals surface area contributed by atoms with Gasteiger partial charge >= 0.3 is 5.97 Å². The molecule has 1 fully saturated rings. The first-order valence-electron chi connectivity index (χ1n) is 11.4. The Morgan fingerprint density at radius 2 is 1.79 bits per heavy atom. The van der Waals surface area contributed by atoms with Crippen molar-refractivity contribution < 1.29 is 30.0 Å². The highest BCUT2D eigenvalue weighted by atomic mass is 16.5. The fraction of sp³-hybridized carbons (Fsp3) is 0.870. The Balaban J connectivity index is 2.04. The summed E-state index contributed by atoms with van der Waals surface area (Å²) in [5.41, 5.74) is -0.900. The first-order valence-corrected chi connectivity index (χ1v) is 11.4. The van der Waals surface area contributed by atoms with Gasteiger partial charge in [-0.1, -0.05) is 44.8 Å². The van der Waals surface area contributed by atoms with Gasteiger partial charge in [0.15, 0.2) is 5.60 Å². The van der Waals surface area contributed by atoms with Gasteiger partial charge in [-0.3, -0.25) is 0 Å². The standard InChI is InChI=1S/C23H42O6/c1-2-10-19(17-21(26)18-24)12-13-20(25)11-8-6-4-3-5-7-9-14-23(22(27)28)15-16-29-23/h6,8,19-21,24-26H,2-5,7,9-18H2,1H3,(H,27,28)/b8-6-/t19?,20-,21?,23?/m0/s1. The molecule has 6 heteroatoms. The Bertz CT molecular complexity index is 460. The molecule has 0 saturated carbocycles. The highest BCUT2D eigenvalue weighted by Crippen LogP contribution is 2.32. The third-order valence-electron chi connectivity index (χ3n) is 5.97. The molecule has 0 radical (unpaired) electrons. The summed E-state index contributed by atoms with van der Waals surface area (Å²) >= 11 is 0. The first-order chi connectivity index (χ1) is 13.9. The molecule has 0 bridgehead atoms. The van der Waals surface area contributed by atoms with Crippen molar-refractivity contribution in [3.8, 4) is 0 Å². The maximum absolute atomic E-state index is 11.2. The van der Waals surface area contributed by atoms with Crippen LogP contribution >= 0.6 is 0 Å². The molecule has 1 rings (SSSR count). The molecule has 0 aromatic heterocycles. The van der Waals surface area contributed by atoms with Crippen molar-refractivity contribution in [2.24, 2.45) is 5.92 Å². The van der Waals surface area contributed by atoms with Crippen molar-refractivity contribution in [3.63, 3.8) is 0 Å². The zero-order valence-electron chi connectivity index (χ0n) is 18.1. The highest BCUT2D eigenvalue weighted by Gasteiger charge is 2.45. The molecule has 4 atom stereocenters. The SMILES string of the molecule is CCCC(CC[C@@H](O)C/C=C\CCCCCCC1(C(=O)O)CCO1)CC(O)CO. The van der Waals surface area contributed by atoms with Gasteiger partial charge in [0.1, 0.15) is 0 Å². The molecular weight excluding hydrogens is 372 g/mol. The Kier molecular flexibility index (Phi) is 13.4. The van der Waals surface area contributed by atoms with Crippen molar-refractivity contribution in [2.45, 2.75) is 108 Å². The summed E-state index contributed by atoms with van der Waals surface area (Å²) in [6.45, 7) is 2.48. The van der Waals surface area contributed by atoms with Gasteiger partial charge in [-0.05, 0) is 57.3 Å². The zero-order chi connectivity index (χ0) is 21.5. The minimum absolute atomic E-state index is 0.195. The van der Waals surface area contributed by atoms with Crippen molar-refractivity contribution in [3.05, 3.63) is 12.2 Å². The van der Waals surface area contributed by atoms with E-state index < -0.39 is 17.7 Å². The molecule has 1 aliphatic rings. The molecular formula is C23H42O6. The van der Waals surface area contributed by atoms with Crippen LogP contribution in [0.15, 0.2) is 12.2 Å². The molecule has 6 nitrogen and oxygen atoms in total. The van der Waals surface area contributed by atoms with Crippen LogP contribution in [0.2, 0.25) is 0 Å². The van der Waals surface area contributed by atoms with Crippen molar-refractivity contribution >= 4 is 5.97 Å². The number of aliphatic hydroxyl groups excluding tert-OH is 3. The molecule has 4 N–H and O–H groups in total. The maximum atomic E-state index is 11.2. The fourth-order valence-electron chi connectivity index (χ4n) is 4.01. The summed E-state index contributed by atoms with van der Waals surface area (Å²) in [5, 5.41) is 38.0. The fourth-order valence-corrected chi connectivity index (χ4v) is 4.01. The lowest BCUT2D eigenvalue weighted by molar-refractivity contribution is -0.196. The molecule has 29 heavy (non-hydrogen) atoms. The van der Waals surface area contributed by atoms with Crippen LogP contribution in [0.5, 0.6) is 0 Å². The molecule has 1 aliphatic heterocycles. The summed E-state index contributed by atoms with van der Waals surface area (Å²) in [7, 11) is 0. The van der Waals surface area contributed by atoms with E-state index in [4.69, 9.17) is 9.84 Å². The van der Waals surface area contributed by atoms with Gasteiger partial charge < -0.3 is 25.2 Å². The Labute approximate surface area is 176 Å². The van der Waals surface area contributed by atoms with Gasteiger partial charge in [-0.15, -0.1) is 0 Å². The third-order valence-corrected chi connectivity index (χ3v) is 5.97. The minimum Gasteiger partial charge on any atom is -0.479 e. The lowest BCUT2D eigenvalue weighted by atomic mass is 9.88. The average molecular weight is 415 g/mol. The molecule has 0 aromatic carbocycles. The van der Waals surface area contributed by atoms with Crippen LogP contribution in [0.3, 0.4) is 0 Å². The Hall–Kier alpha value is -0.950. The van der Waals surface area contributed by atoms with Crippen molar-refractivity contribution in [1.29, 1.82) is 0 Å². The molecule has 0 spiro atoms. The average Bonchev–Trinajstić information content (AvgIpc) is 2.66. The van der Waals surface area contributed by atoms with E-state index in [0.29, 0.717) is 38.2 Å². The van der Waals surface area contributed by atoms with Gasteiger partial charge in [0, 0.05) is 6.42 Å². The van der Waals surface area contributed by atoms with E-state index >= 15 is 0 Å². The number of unbranched alkanes of at least 4 members (excludes halogenated alkanes) is 4. The Morgan fingerprint density at radius 3 is 2.38 bits per heavy atom. The maximum Gasteiger partial charge on any atom is 0.336 e. The number of carboxylic acid groups (broad SMARTS) is 1. The lowest BCUT2D eigenvalue weighted by Crippen LogP contribution is -2.50. The predicted molar refractivity (Wildman–Crippen MR) is 114 cm³/mol. The van der Waals surface area contributed by atoms with E-state index in [9.17, 15) is 20.1 Å². The van der Waals surface area contributed by atoms with Crippen LogP contribution in [0.4, 0.5) is 0 Å². The number of carboxylic acids is 1. The second-order valence-electron chi connectivity index (χ2n) is 8.52. The summed E-state index contributed by atoms with van der Waals surface area (Å²) in [6, 6.07) is 0.